The third-order valence-electron chi connectivity index (χ3n) is 2.76. The van der Waals surface area contributed by atoms with Gasteiger partial charge in [-0.2, -0.15) is 5.10 Å². The Kier molecular flexibility index (Phi) is 3.38. The van der Waals surface area contributed by atoms with E-state index in [1.54, 1.807) is 7.05 Å². The van der Waals surface area contributed by atoms with Crippen LogP contribution in [-0.4, -0.2) is 32.9 Å². The second-order valence-electron chi connectivity index (χ2n) is 4.02. The number of non-ortho nitro benzene ring substituents is 1. The SMILES string of the molecule is COc1c(-c2cc(C(=O)O)cc([N+](=O)[O-])c2)cnn1C. The molecule has 1 N–H and O–H groups in total. The molecular formula is C12H11N3O5. The lowest BCUT2D eigenvalue weighted by Gasteiger charge is -2.05. The summed E-state index contributed by atoms with van der Waals surface area (Å²) in [6.45, 7) is 0. The molecule has 1 heterocycles. The lowest BCUT2D eigenvalue weighted by atomic mass is 10.0. The number of nitro groups is 1. The maximum absolute atomic E-state index is 11.0. The molecule has 0 saturated heterocycles. The quantitative estimate of drug-likeness (QED) is 0.673. The number of aromatic carboxylic acids is 1. The highest BCUT2D eigenvalue weighted by molar-refractivity contribution is 5.91. The number of carbonyl (C=O) groups is 1. The molecule has 0 aliphatic heterocycles. The summed E-state index contributed by atoms with van der Waals surface area (Å²) in [5.74, 6) is -0.848. The summed E-state index contributed by atoms with van der Waals surface area (Å²) in [6.07, 6.45) is 1.46. The van der Waals surface area contributed by atoms with Crippen LogP contribution in [0.15, 0.2) is 24.4 Å². The van der Waals surface area contributed by atoms with Gasteiger partial charge in [-0.15, -0.1) is 0 Å². The van der Waals surface area contributed by atoms with Crippen LogP contribution in [0.1, 0.15) is 10.4 Å². The Balaban J connectivity index is 2.66. The average molecular weight is 277 g/mol. The summed E-state index contributed by atoms with van der Waals surface area (Å²) in [5, 5.41) is 23.9. The molecule has 1 aromatic carbocycles. The van der Waals surface area contributed by atoms with Crippen LogP contribution in [0.2, 0.25) is 0 Å². The Labute approximate surface area is 113 Å². The molecule has 20 heavy (non-hydrogen) atoms. The molecule has 0 spiro atoms. The monoisotopic (exact) mass is 277 g/mol. The number of nitro benzene ring substituents is 1. The van der Waals surface area contributed by atoms with Crippen LogP contribution in [0.25, 0.3) is 11.1 Å². The van der Waals surface area contributed by atoms with Crippen LogP contribution in [-0.2, 0) is 7.05 Å². The Morgan fingerprint density at radius 2 is 2.15 bits per heavy atom. The van der Waals surface area contributed by atoms with Crippen molar-refractivity contribution < 1.29 is 19.6 Å². The van der Waals surface area contributed by atoms with Gasteiger partial charge in [-0.25, -0.2) is 9.48 Å². The van der Waals surface area contributed by atoms with Crippen LogP contribution < -0.4 is 4.74 Å². The summed E-state index contributed by atoms with van der Waals surface area (Å²) in [5.41, 5.74) is 0.383. The first kappa shape index (κ1) is 13.5. The number of methoxy groups -OCH3 is 1. The Morgan fingerprint density at radius 3 is 2.70 bits per heavy atom. The van der Waals surface area contributed by atoms with E-state index in [9.17, 15) is 14.9 Å². The zero-order chi connectivity index (χ0) is 14.9. The molecule has 8 heteroatoms. The van der Waals surface area contributed by atoms with Gasteiger partial charge in [0.2, 0.25) is 5.88 Å². The second kappa shape index (κ2) is 5.00. The molecule has 0 saturated carbocycles. The molecule has 0 aliphatic carbocycles. The standard InChI is InChI=1S/C12H11N3O5/c1-14-11(20-2)10(6-13-14)7-3-8(12(16)17)5-9(4-7)15(18)19/h3-6H,1-2H3,(H,16,17). The Bertz CT molecular complexity index is 660. The number of hydrogen-bond donors (Lipinski definition) is 1. The van der Waals surface area contributed by atoms with Gasteiger partial charge in [0.05, 0.1) is 29.4 Å². The highest BCUT2D eigenvalue weighted by Crippen LogP contribution is 2.32. The van der Waals surface area contributed by atoms with E-state index in [2.05, 4.69) is 5.10 Å². The van der Waals surface area contributed by atoms with Gasteiger partial charge in [0.25, 0.3) is 5.69 Å². The van der Waals surface area contributed by atoms with E-state index in [-0.39, 0.29) is 11.3 Å². The summed E-state index contributed by atoms with van der Waals surface area (Å²) in [7, 11) is 3.09. The predicted octanol–water partition coefficient (Wildman–Crippen LogP) is 1.70. The molecule has 0 fully saturated rings. The van der Waals surface area contributed by atoms with Gasteiger partial charge in [0, 0.05) is 19.2 Å². The third kappa shape index (κ3) is 2.30. The predicted molar refractivity (Wildman–Crippen MR) is 68.8 cm³/mol. The van der Waals surface area contributed by atoms with Crippen molar-refractivity contribution in [2.45, 2.75) is 0 Å². The van der Waals surface area contributed by atoms with Gasteiger partial charge in [-0.05, 0) is 11.6 Å². The first-order chi connectivity index (χ1) is 9.43. The lowest BCUT2D eigenvalue weighted by Crippen LogP contribution is -2.00. The number of carboxylic acids is 1. The number of nitrogens with zero attached hydrogens (tertiary/aromatic N) is 3. The number of aryl methyl sites for hydroxylation is 1. The highest BCUT2D eigenvalue weighted by Gasteiger charge is 2.18. The molecule has 0 unspecified atom stereocenters. The maximum Gasteiger partial charge on any atom is 0.335 e. The Morgan fingerprint density at radius 1 is 1.45 bits per heavy atom. The number of ether oxygens (including phenoxy) is 1. The average Bonchev–Trinajstić information content (AvgIpc) is 2.79. The van der Waals surface area contributed by atoms with E-state index < -0.39 is 10.9 Å². The smallest absolute Gasteiger partial charge is 0.335 e. The molecule has 1 aromatic heterocycles. The number of carboxylic acid groups (broad SMARTS) is 1. The number of aromatic nitrogens is 2. The van der Waals surface area contributed by atoms with Crippen LogP contribution in [0, 0.1) is 10.1 Å². The van der Waals surface area contributed by atoms with Gasteiger partial charge in [-0.1, -0.05) is 0 Å². The van der Waals surface area contributed by atoms with Crippen molar-refractivity contribution in [2.24, 2.45) is 7.05 Å². The van der Waals surface area contributed by atoms with Crippen LogP contribution >= 0.6 is 0 Å². The van der Waals surface area contributed by atoms with Crippen molar-refractivity contribution in [2.75, 3.05) is 7.11 Å². The minimum Gasteiger partial charge on any atom is -0.481 e. The number of hydrogen-bond acceptors (Lipinski definition) is 5. The minimum atomic E-state index is -1.24. The van der Waals surface area contributed by atoms with E-state index in [0.717, 1.165) is 6.07 Å². The normalized spacial score (nSPS) is 10.3. The lowest BCUT2D eigenvalue weighted by molar-refractivity contribution is -0.384. The Hall–Kier alpha value is -2.90. The van der Waals surface area contributed by atoms with Crippen molar-refractivity contribution in [3.05, 3.63) is 40.1 Å². The van der Waals surface area contributed by atoms with Crippen molar-refractivity contribution in [3.8, 4) is 17.0 Å². The molecule has 0 atom stereocenters. The van der Waals surface area contributed by atoms with E-state index >= 15 is 0 Å². The van der Waals surface area contributed by atoms with Crippen molar-refractivity contribution in [3.63, 3.8) is 0 Å². The van der Waals surface area contributed by atoms with Gasteiger partial charge < -0.3 is 9.84 Å². The van der Waals surface area contributed by atoms with Crippen LogP contribution in [0.4, 0.5) is 5.69 Å². The molecule has 2 aromatic rings. The molecule has 0 radical (unpaired) electrons. The first-order valence-electron chi connectivity index (χ1n) is 5.53. The summed E-state index contributed by atoms with van der Waals surface area (Å²) >= 11 is 0. The molecule has 0 aliphatic rings. The fraction of sp³-hybridized carbons (Fsp3) is 0.167. The fourth-order valence-electron chi connectivity index (χ4n) is 1.86. The second-order valence-corrected chi connectivity index (χ2v) is 4.02. The topological polar surface area (TPSA) is 107 Å². The molecule has 0 amide bonds. The molecule has 8 nitrogen and oxygen atoms in total. The number of rotatable bonds is 4. The largest absolute Gasteiger partial charge is 0.481 e. The molecule has 0 bridgehead atoms. The van der Waals surface area contributed by atoms with E-state index in [0.29, 0.717) is 17.0 Å². The first-order valence-corrected chi connectivity index (χ1v) is 5.53. The summed E-state index contributed by atoms with van der Waals surface area (Å²) in [4.78, 5) is 21.3. The van der Waals surface area contributed by atoms with E-state index in [1.807, 2.05) is 0 Å². The maximum atomic E-state index is 11.0. The summed E-state index contributed by atoms with van der Waals surface area (Å²) in [6, 6.07) is 3.63. The van der Waals surface area contributed by atoms with Gasteiger partial charge in [0.15, 0.2) is 0 Å². The number of benzene rings is 1. The van der Waals surface area contributed by atoms with Crippen molar-refractivity contribution >= 4 is 11.7 Å². The zero-order valence-corrected chi connectivity index (χ0v) is 10.7. The van der Waals surface area contributed by atoms with Crippen molar-refractivity contribution in [1.82, 2.24) is 9.78 Å². The van der Waals surface area contributed by atoms with Crippen molar-refractivity contribution in [1.29, 1.82) is 0 Å². The molecular weight excluding hydrogens is 266 g/mol. The van der Waals surface area contributed by atoms with E-state index in [4.69, 9.17) is 9.84 Å². The van der Waals surface area contributed by atoms with Crippen LogP contribution in [0.3, 0.4) is 0 Å². The molecule has 104 valence electrons. The summed E-state index contributed by atoms with van der Waals surface area (Å²) < 4.78 is 6.61. The fourth-order valence-corrected chi connectivity index (χ4v) is 1.86. The van der Waals surface area contributed by atoms with Crippen LogP contribution in [0.5, 0.6) is 5.88 Å². The highest BCUT2D eigenvalue weighted by atomic mass is 16.6. The van der Waals surface area contributed by atoms with Gasteiger partial charge in [-0.3, -0.25) is 10.1 Å². The van der Waals surface area contributed by atoms with Gasteiger partial charge in [0.1, 0.15) is 0 Å². The zero-order valence-electron chi connectivity index (χ0n) is 10.7. The minimum absolute atomic E-state index is 0.167. The van der Waals surface area contributed by atoms with E-state index in [1.165, 1.54) is 30.1 Å². The molecule has 2 rings (SSSR count). The third-order valence-corrected chi connectivity index (χ3v) is 2.76. The van der Waals surface area contributed by atoms with Gasteiger partial charge >= 0.3 is 5.97 Å².